The van der Waals surface area contributed by atoms with E-state index in [9.17, 15) is 19.5 Å². The predicted molar refractivity (Wildman–Crippen MR) is 148 cm³/mol. The lowest BCUT2D eigenvalue weighted by molar-refractivity contribution is -0.137. The molecule has 39 heavy (non-hydrogen) atoms. The van der Waals surface area contributed by atoms with E-state index in [1.54, 1.807) is 18.2 Å². The van der Waals surface area contributed by atoms with Crippen molar-refractivity contribution in [2.75, 3.05) is 13.2 Å². The number of hydrogen-bond donors (Lipinski definition) is 2. The molecule has 0 radical (unpaired) electrons. The summed E-state index contributed by atoms with van der Waals surface area (Å²) in [5.41, 5.74) is 1.57. The second kappa shape index (κ2) is 13.5. The van der Waals surface area contributed by atoms with Gasteiger partial charge in [-0.3, -0.25) is 14.4 Å². The number of benzene rings is 2. The third-order valence-electron chi connectivity index (χ3n) is 6.92. The van der Waals surface area contributed by atoms with Crippen LogP contribution in [-0.2, 0) is 17.6 Å². The molecule has 1 aliphatic heterocycles. The number of aromatic hydroxyl groups is 1. The Morgan fingerprint density at radius 1 is 0.974 bits per heavy atom. The van der Waals surface area contributed by atoms with Crippen molar-refractivity contribution < 1.29 is 38.8 Å². The van der Waals surface area contributed by atoms with Crippen LogP contribution in [0.4, 0.5) is 0 Å². The van der Waals surface area contributed by atoms with Crippen molar-refractivity contribution in [1.82, 2.24) is 0 Å². The van der Waals surface area contributed by atoms with E-state index in [0.717, 1.165) is 18.4 Å². The van der Waals surface area contributed by atoms with E-state index in [1.165, 1.54) is 6.92 Å². The normalized spacial score (nSPS) is 16.4. The number of ether oxygens (including phenoxy) is 3. The maximum Gasteiger partial charge on any atom is 0.303 e. The second-order valence-corrected chi connectivity index (χ2v) is 10.4. The zero-order valence-corrected chi connectivity index (χ0v) is 23.4. The minimum atomic E-state index is -0.862. The molecule has 3 rings (SSSR count). The van der Waals surface area contributed by atoms with E-state index in [0.29, 0.717) is 79.3 Å². The fourth-order valence-electron chi connectivity index (χ4n) is 4.99. The lowest BCUT2D eigenvalue weighted by Gasteiger charge is -2.36. The van der Waals surface area contributed by atoms with Crippen molar-refractivity contribution >= 4 is 17.5 Å². The lowest BCUT2D eigenvalue weighted by atomic mass is 9.86. The lowest BCUT2D eigenvalue weighted by Crippen LogP contribution is -2.39. The van der Waals surface area contributed by atoms with E-state index in [1.807, 2.05) is 19.9 Å². The van der Waals surface area contributed by atoms with Gasteiger partial charge in [-0.1, -0.05) is 26.7 Å². The molecule has 1 atom stereocenters. The number of carbonyl (C=O) groups is 3. The highest BCUT2D eigenvalue weighted by atomic mass is 16.5. The number of phenols is 1. The largest absolute Gasteiger partial charge is 0.507 e. The Morgan fingerprint density at radius 2 is 1.59 bits per heavy atom. The van der Waals surface area contributed by atoms with E-state index >= 15 is 0 Å². The molecule has 0 aliphatic carbocycles. The monoisotopic (exact) mass is 540 g/mol. The summed E-state index contributed by atoms with van der Waals surface area (Å²) < 4.78 is 18.5. The average molecular weight is 541 g/mol. The van der Waals surface area contributed by atoms with Gasteiger partial charge in [0, 0.05) is 24.0 Å². The molecule has 2 aromatic rings. The van der Waals surface area contributed by atoms with Crippen LogP contribution in [0.5, 0.6) is 23.0 Å². The molecule has 2 aromatic carbocycles. The highest BCUT2D eigenvalue weighted by molar-refractivity contribution is 6.01. The Kier molecular flexibility index (Phi) is 10.4. The Labute approximate surface area is 230 Å². The first kappa shape index (κ1) is 30.0. The summed E-state index contributed by atoms with van der Waals surface area (Å²) in [4.78, 5) is 35.7. The molecule has 0 spiro atoms. The molecule has 0 saturated carbocycles. The molecule has 0 fully saturated rings. The summed E-state index contributed by atoms with van der Waals surface area (Å²) in [6.45, 7) is 8.08. The van der Waals surface area contributed by atoms with Gasteiger partial charge in [0.25, 0.3) is 0 Å². The highest BCUT2D eigenvalue weighted by Crippen LogP contribution is 2.42. The van der Waals surface area contributed by atoms with Crippen LogP contribution >= 0.6 is 0 Å². The maximum absolute atomic E-state index is 13.0. The number of rotatable bonds is 15. The third kappa shape index (κ3) is 7.52. The summed E-state index contributed by atoms with van der Waals surface area (Å²) >= 11 is 0. The first-order chi connectivity index (χ1) is 18.6. The molecule has 0 bridgehead atoms. The molecule has 0 aromatic heterocycles. The molecule has 2 N–H and O–H groups in total. The molecule has 8 nitrogen and oxygen atoms in total. The predicted octanol–water partition coefficient (Wildman–Crippen LogP) is 6.33. The fourth-order valence-corrected chi connectivity index (χ4v) is 4.99. The first-order valence-electron chi connectivity index (χ1n) is 13.8. The Bertz CT molecular complexity index is 1200. The SMILES string of the molecule is CCCc1c(OCCCOc2ccc3c(c2CCC)OC(C)(CCCC(=O)O)CC3=O)ccc(C(C)=O)c1O. The van der Waals surface area contributed by atoms with Crippen molar-refractivity contribution in [1.29, 1.82) is 0 Å². The van der Waals surface area contributed by atoms with Gasteiger partial charge in [-0.2, -0.15) is 0 Å². The number of hydrogen-bond acceptors (Lipinski definition) is 7. The zero-order valence-electron chi connectivity index (χ0n) is 23.4. The van der Waals surface area contributed by atoms with Crippen molar-refractivity contribution in [2.45, 2.75) is 91.1 Å². The number of carbonyl (C=O) groups excluding carboxylic acids is 2. The third-order valence-corrected chi connectivity index (χ3v) is 6.92. The number of carboxylic acids is 1. The van der Waals surface area contributed by atoms with Crippen LogP contribution in [0.25, 0.3) is 0 Å². The number of aliphatic carboxylic acids is 1. The summed E-state index contributed by atoms with van der Waals surface area (Å²) in [5.74, 6) is 0.698. The Morgan fingerprint density at radius 3 is 2.21 bits per heavy atom. The minimum absolute atomic E-state index is 0.00620. The zero-order chi connectivity index (χ0) is 28.6. The molecule has 1 aliphatic rings. The number of Topliss-reactive ketones (excluding diaryl/α,β-unsaturated/α-hetero) is 2. The molecule has 0 amide bonds. The van der Waals surface area contributed by atoms with E-state index in [4.69, 9.17) is 19.3 Å². The van der Waals surface area contributed by atoms with Gasteiger partial charge in [0.1, 0.15) is 28.6 Å². The van der Waals surface area contributed by atoms with E-state index in [2.05, 4.69) is 6.92 Å². The molecule has 1 heterocycles. The molecule has 0 saturated heterocycles. The van der Waals surface area contributed by atoms with E-state index < -0.39 is 11.6 Å². The van der Waals surface area contributed by atoms with Crippen LogP contribution in [0.1, 0.15) is 104 Å². The fraction of sp³-hybridized carbons (Fsp3) is 0.516. The van der Waals surface area contributed by atoms with Gasteiger partial charge in [-0.05, 0) is 63.8 Å². The van der Waals surface area contributed by atoms with Crippen molar-refractivity contribution in [3.05, 3.63) is 46.5 Å². The molecule has 8 heteroatoms. The van der Waals surface area contributed by atoms with Gasteiger partial charge in [0.05, 0.1) is 30.8 Å². The summed E-state index contributed by atoms with van der Waals surface area (Å²) in [6.07, 6.45) is 4.65. The quantitative estimate of drug-likeness (QED) is 0.199. The molecular weight excluding hydrogens is 500 g/mol. The van der Waals surface area contributed by atoms with Gasteiger partial charge in [-0.15, -0.1) is 0 Å². The van der Waals surface area contributed by atoms with Crippen molar-refractivity contribution in [2.24, 2.45) is 0 Å². The molecule has 212 valence electrons. The minimum Gasteiger partial charge on any atom is -0.507 e. The van der Waals surface area contributed by atoms with Crippen LogP contribution in [-0.4, -0.2) is 46.6 Å². The van der Waals surface area contributed by atoms with Crippen LogP contribution in [0.2, 0.25) is 0 Å². The van der Waals surface area contributed by atoms with Crippen molar-refractivity contribution in [3.8, 4) is 23.0 Å². The van der Waals surface area contributed by atoms with Crippen LogP contribution < -0.4 is 14.2 Å². The number of phenolic OH excluding ortho intramolecular Hbond substituents is 1. The number of ketones is 2. The Hall–Kier alpha value is -3.55. The highest BCUT2D eigenvalue weighted by Gasteiger charge is 2.38. The van der Waals surface area contributed by atoms with Gasteiger partial charge >= 0.3 is 5.97 Å². The smallest absolute Gasteiger partial charge is 0.303 e. The number of fused-ring (bicyclic) bond motifs is 1. The maximum atomic E-state index is 13.0. The van der Waals surface area contributed by atoms with Crippen molar-refractivity contribution in [3.63, 3.8) is 0 Å². The summed E-state index contributed by atoms with van der Waals surface area (Å²) in [6, 6.07) is 6.88. The standard InChI is InChI=1S/C31H40O8/c1-5-9-23-26(14-12-21(20(3)32)29(23)36)37-17-8-18-38-27-15-13-22-25(33)19-31(4,16-7-11-28(34)35)39-30(22)24(27)10-6-2/h12-15,36H,5-11,16-19H2,1-4H3,(H,34,35). The summed E-state index contributed by atoms with van der Waals surface area (Å²) in [5, 5.41) is 19.5. The molecule has 1 unspecified atom stereocenters. The van der Waals surface area contributed by atoms with Gasteiger partial charge in [-0.25, -0.2) is 0 Å². The average Bonchev–Trinajstić information content (AvgIpc) is 2.86. The van der Waals surface area contributed by atoms with Gasteiger partial charge in [0.2, 0.25) is 0 Å². The Balaban J connectivity index is 1.68. The topological polar surface area (TPSA) is 119 Å². The number of carboxylic acid groups (broad SMARTS) is 1. The summed E-state index contributed by atoms with van der Waals surface area (Å²) in [7, 11) is 0. The second-order valence-electron chi connectivity index (χ2n) is 10.4. The van der Waals surface area contributed by atoms with Crippen LogP contribution in [0.3, 0.4) is 0 Å². The van der Waals surface area contributed by atoms with E-state index in [-0.39, 0.29) is 30.2 Å². The van der Waals surface area contributed by atoms with Gasteiger partial charge in [0.15, 0.2) is 11.6 Å². The van der Waals surface area contributed by atoms with Crippen LogP contribution in [0, 0.1) is 0 Å². The van der Waals surface area contributed by atoms with Gasteiger partial charge < -0.3 is 24.4 Å². The first-order valence-corrected chi connectivity index (χ1v) is 13.8. The molecular formula is C31H40O8. The van der Waals surface area contributed by atoms with Crippen LogP contribution in [0.15, 0.2) is 24.3 Å².